The summed E-state index contributed by atoms with van der Waals surface area (Å²) in [6.45, 7) is -0.362. The fraction of sp³-hybridized carbons (Fsp3) is 0.0417. The summed E-state index contributed by atoms with van der Waals surface area (Å²) in [5.74, 6) is -1.15. The van der Waals surface area contributed by atoms with E-state index >= 15 is 0 Å². The highest BCUT2D eigenvalue weighted by molar-refractivity contribution is 8.18. The van der Waals surface area contributed by atoms with Crippen molar-refractivity contribution in [3.8, 4) is 5.75 Å². The molecule has 11 heteroatoms. The Bertz CT molecular complexity index is 1380. The molecule has 35 heavy (non-hydrogen) atoms. The molecule has 178 valence electrons. The van der Waals surface area contributed by atoms with Crippen LogP contribution in [0.3, 0.4) is 0 Å². The van der Waals surface area contributed by atoms with Gasteiger partial charge in [-0.05, 0) is 59.8 Å². The van der Waals surface area contributed by atoms with Gasteiger partial charge in [0.25, 0.3) is 11.8 Å². The van der Waals surface area contributed by atoms with Gasteiger partial charge in [0.05, 0.1) is 31.3 Å². The molecule has 1 aliphatic heterocycles. The van der Waals surface area contributed by atoms with E-state index in [-0.39, 0.29) is 29.0 Å². The second kappa shape index (κ2) is 11.1. The van der Waals surface area contributed by atoms with Crippen molar-refractivity contribution < 1.29 is 18.7 Å². The van der Waals surface area contributed by atoms with Crippen LogP contribution in [-0.4, -0.2) is 23.6 Å². The Hall–Kier alpha value is -3.04. The van der Waals surface area contributed by atoms with Crippen molar-refractivity contribution in [1.29, 1.82) is 0 Å². The van der Waals surface area contributed by atoms with Gasteiger partial charge in [0.15, 0.2) is 11.8 Å². The predicted molar refractivity (Wildman–Crippen MR) is 139 cm³/mol. The standard InChI is InChI=1S/C24H15Cl3FN3O3S/c25-14-4-3-7-18(22(14)27)30-24-31-23(33)20(35-24)11-13-8-9-19(15(26)10-13)34-12-21(32)29-17-6-2-1-5-16(17)28/h1-11H,12H2,(H,29,32)(H,30,31,33)/b20-11-. The second-order valence-corrected chi connectivity index (χ2v) is 9.28. The summed E-state index contributed by atoms with van der Waals surface area (Å²) < 4.78 is 19.1. The van der Waals surface area contributed by atoms with Gasteiger partial charge >= 0.3 is 0 Å². The normalized spacial score (nSPS) is 15.4. The number of amides is 2. The van der Waals surface area contributed by atoms with Crippen LogP contribution in [0.4, 0.5) is 15.8 Å². The van der Waals surface area contributed by atoms with E-state index in [9.17, 15) is 14.0 Å². The molecule has 1 fully saturated rings. The lowest BCUT2D eigenvalue weighted by molar-refractivity contribution is -0.118. The molecule has 4 rings (SSSR count). The van der Waals surface area contributed by atoms with Crippen LogP contribution in [0, 0.1) is 5.82 Å². The number of benzene rings is 3. The number of para-hydroxylation sites is 1. The Balaban J connectivity index is 1.41. The molecular formula is C24H15Cl3FN3O3S. The lowest BCUT2D eigenvalue weighted by atomic mass is 10.2. The minimum atomic E-state index is -0.547. The van der Waals surface area contributed by atoms with E-state index in [4.69, 9.17) is 39.5 Å². The Kier molecular flexibility index (Phi) is 7.97. The van der Waals surface area contributed by atoms with Gasteiger partial charge in [0.1, 0.15) is 11.6 Å². The first kappa shape index (κ1) is 25.1. The monoisotopic (exact) mass is 549 g/mol. The molecule has 0 radical (unpaired) electrons. The number of rotatable bonds is 6. The van der Waals surface area contributed by atoms with Gasteiger partial charge in [-0.25, -0.2) is 9.38 Å². The van der Waals surface area contributed by atoms with Crippen LogP contribution in [0.1, 0.15) is 5.56 Å². The number of hydrogen-bond donors (Lipinski definition) is 2. The van der Waals surface area contributed by atoms with Crippen LogP contribution in [0.25, 0.3) is 6.08 Å². The van der Waals surface area contributed by atoms with E-state index in [2.05, 4.69) is 15.6 Å². The number of carbonyl (C=O) groups excluding carboxylic acids is 2. The molecule has 1 saturated heterocycles. The van der Waals surface area contributed by atoms with Crippen molar-refractivity contribution in [2.45, 2.75) is 0 Å². The second-order valence-electron chi connectivity index (χ2n) is 7.06. The average Bonchev–Trinajstić information content (AvgIpc) is 3.16. The Morgan fingerprint density at radius 2 is 1.89 bits per heavy atom. The molecule has 2 amide bonds. The van der Waals surface area contributed by atoms with E-state index in [0.29, 0.717) is 31.4 Å². The summed E-state index contributed by atoms with van der Waals surface area (Å²) in [6.07, 6.45) is 1.64. The summed E-state index contributed by atoms with van der Waals surface area (Å²) in [5, 5.41) is 6.35. The molecule has 2 N–H and O–H groups in total. The number of anilines is 1. The predicted octanol–water partition coefficient (Wildman–Crippen LogP) is 6.70. The largest absolute Gasteiger partial charge is 0.482 e. The van der Waals surface area contributed by atoms with Crippen molar-refractivity contribution in [2.24, 2.45) is 4.99 Å². The van der Waals surface area contributed by atoms with Crippen LogP contribution < -0.4 is 15.4 Å². The van der Waals surface area contributed by atoms with E-state index in [0.717, 1.165) is 11.8 Å². The van der Waals surface area contributed by atoms with Crippen molar-refractivity contribution in [3.05, 3.63) is 92.0 Å². The maximum Gasteiger partial charge on any atom is 0.264 e. The highest BCUT2D eigenvalue weighted by atomic mass is 35.5. The van der Waals surface area contributed by atoms with Crippen molar-refractivity contribution in [1.82, 2.24) is 5.32 Å². The van der Waals surface area contributed by atoms with Crippen LogP contribution in [0.5, 0.6) is 5.75 Å². The fourth-order valence-corrected chi connectivity index (χ4v) is 4.35. The Morgan fingerprint density at radius 3 is 2.66 bits per heavy atom. The number of amidine groups is 1. The quantitative estimate of drug-likeness (QED) is 0.335. The summed E-state index contributed by atoms with van der Waals surface area (Å²) in [6, 6.07) is 15.7. The lowest BCUT2D eigenvalue weighted by Crippen LogP contribution is -2.20. The first-order valence-corrected chi connectivity index (χ1v) is 12.0. The number of thioether (sulfide) groups is 1. The number of hydrogen-bond acceptors (Lipinski definition) is 5. The SMILES string of the molecule is O=C(COc1ccc(/C=C2\SC(=Nc3cccc(Cl)c3Cl)NC2=O)cc1Cl)Nc1ccccc1F. The molecule has 1 aliphatic rings. The summed E-state index contributed by atoms with van der Waals surface area (Å²) in [7, 11) is 0. The molecule has 0 spiro atoms. The molecule has 0 bridgehead atoms. The third kappa shape index (κ3) is 6.35. The van der Waals surface area contributed by atoms with Crippen LogP contribution in [0.15, 0.2) is 70.6 Å². The highest BCUT2D eigenvalue weighted by Gasteiger charge is 2.24. The van der Waals surface area contributed by atoms with Gasteiger partial charge in [0, 0.05) is 0 Å². The molecule has 3 aromatic carbocycles. The number of halogens is 4. The van der Waals surface area contributed by atoms with Gasteiger partial charge < -0.3 is 15.4 Å². The molecule has 0 saturated carbocycles. The van der Waals surface area contributed by atoms with Crippen molar-refractivity contribution in [3.63, 3.8) is 0 Å². The first-order chi connectivity index (χ1) is 16.8. The molecule has 0 aromatic heterocycles. The zero-order valence-electron chi connectivity index (χ0n) is 17.7. The summed E-state index contributed by atoms with van der Waals surface area (Å²) in [4.78, 5) is 29.2. The van der Waals surface area contributed by atoms with Gasteiger partial charge in [-0.1, -0.05) is 59.1 Å². The first-order valence-electron chi connectivity index (χ1n) is 10.0. The molecule has 0 aliphatic carbocycles. The topological polar surface area (TPSA) is 79.8 Å². The van der Waals surface area contributed by atoms with Gasteiger partial charge in [-0.3, -0.25) is 9.59 Å². The van der Waals surface area contributed by atoms with Crippen molar-refractivity contribution in [2.75, 3.05) is 11.9 Å². The van der Waals surface area contributed by atoms with Gasteiger partial charge in [0.2, 0.25) is 0 Å². The maximum atomic E-state index is 13.7. The third-order valence-electron chi connectivity index (χ3n) is 4.56. The molecule has 3 aromatic rings. The van der Waals surface area contributed by atoms with E-state index in [1.54, 1.807) is 48.5 Å². The Labute approximate surface area is 219 Å². The van der Waals surface area contributed by atoms with Gasteiger partial charge in [-0.2, -0.15) is 0 Å². The fourth-order valence-electron chi connectivity index (χ4n) is 2.94. The molecular weight excluding hydrogens is 536 g/mol. The highest BCUT2D eigenvalue weighted by Crippen LogP contribution is 2.35. The summed E-state index contributed by atoms with van der Waals surface area (Å²) >= 11 is 19.6. The Morgan fingerprint density at radius 1 is 1.09 bits per heavy atom. The number of nitrogens with zero attached hydrogens (tertiary/aromatic N) is 1. The van der Waals surface area contributed by atoms with Crippen LogP contribution >= 0.6 is 46.6 Å². The van der Waals surface area contributed by atoms with E-state index < -0.39 is 11.7 Å². The van der Waals surface area contributed by atoms with Gasteiger partial charge in [-0.15, -0.1) is 0 Å². The zero-order chi connectivity index (χ0) is 24.9. The summed E-state index contributed by atoms with van der Waals surface area (Å²) in [5.41, 5.74) is 1.13. The van der Waals surface area contributed by atoms with Crippen LogP contribution in [0.2, 0.25) is 15.1 Å². The smallest absolute Gasteiger partial charge is 0.264 e. The van der Waals surface area contributed by atoms with E-state index in [1.165, 1.54) is 18.2 Å². The average molecular weight is 551 g/mol. The maximum absolute atomic E-state index is 13.7. The number of nitrogens with one attached hydrogen (secondary N) is 2. The van der Waals surface area contributed by atoms with Crippen LogP contribution in [-0.2, 0) is 9.59 Å². The molecule has 0 atom stereocenters. The minimum Gasteiger partial charge on any atom is -0.482 e. The number of aliphatic imine (C=N–C) groups is 1. The molecule has 0 unspecified atom stereocenters. The number of ether oxygens (including phenoxy) is 1. The molecule has 6 nitrogen and oxygen atoms in total. The molecule has 1 heterocycles. The zero-order valence-corrected chi connectivity index (χ0v) is 20.7. The number of carbonyl (C=O) groups is 2. The van der Waals surface area contributed by atoms with Crippen molar-refractivity contribution >= 4 is 81.0 Å². The minimum absolute atomic E-state index is 0.0575. The lowest BCUT2D eigenvalue weighted by Gasteiger charge is -2.10. The third-order valence-corrected chi connectivity index (χ3v) is 6.58. The van der Waals surface area contributed by atoms with E-state index in [1.807, 2.05) is 0 Å².